The van der Waals surface area contributed by atoms with Crippen LogP contribution in [-0.2, 0) is 16.1 Å². The SMILES string of the molecule is Nc1ncnc2c1c(-c1ccc(Oc3ccccc3)cc1)nn2C1CCCN(C2CCN(C(=O)N3CCN(CCN4CCC(c5ccc6c(c5)CN(C5CCC(=O)NC5=O)C6=O)CC4)CC3)CC2)C1. The van der Waals surface area contributed by atoms with Gasteiger partial charge in [-0.25, -0.2) is 19.4 Å². The number of para-hydroxylation sites is 1. The fraction of sp³-hybridized carbons (Fsp3) is 0.481. The zero-order valence-electron chi connectivity index (χ0n) is 39.3. The Kier molecular flexibility index (Phi) is 12.7. The summed E-state index contributed by atoms with van der Waals surface area (Å²) in [6, 6.07) is 24.0. The van der Waals surface area contributed by atoms with Gasteiger partial charge in [-0.2, -0.15) is 5.10 Å². The number of nitrogen functional groups attached to an aromatic ring is 1. The van der Waals surface area contributed by atoms with Crippen molar-refractivity contribution < 1.29 is 23.9 Å². The minimum Gasteiger partial charge on any atom is -0.457 e. The van der Waals surface area contributed by atoms with Gasteiger partial charge in [-0.1, -0.05) is 30.3 Å². The highest BCUT2D eigenvalue weighted by atomic mass is 16.5. The number of urea groups is 1. The van der Waals surface area contributed by atoms with Gasteiger partial charge in [0, 0.05) is 89.0 Å². The molecule has 0 spiro atoms. The van der Waals surface area contributed by atoms with E-state index in [0.717, 1.165) is 156 Å². The van der Waals surface area contributed by atoms with Crippen molar-refractivity contribution in [3.8, 4) is 22.8 Å². The lowest BCUT2D eigenvalue weighted by Crippen LogP contribution is -2.56. The summed E-state index contributed by atoms with van der Waals surface area (Å²) in [5, 5.41) is 8.34. The van der Waals surface area contributed by atoms with E-state index in [4.69, 9.17) is 20.6 Å². The van der Waals surface area contributed by atoms with E-state index in [2.05, 4.69) is 51.6 Å². The molecule has 5 saturated heterocycles. The molecule has 3 aromatic carbocycles. The first kappa shape index (κ1) is 45.0. The van der Waals surface area contributed by atoms with Crippen molar-refractivity contribution >= 4 is 40.6 Å². The minimum absolute atomic E-state index is 0.122. The zero-order chi connectivity index (χ0) is 47.0. The number of hydrogen-bond donors (Lipinski definition) is 2. The number of carbonyl (C=O) groups is 4. The average molecular weight is 935 g/mol. The molecule has 0 bridgehead atoms. The van der Waals surface area contributed by atoms with Crippen molar-refractivity contribution in [1.82, 2.24) is 54.5 Å². The van der Waals surface area contributed by atoms with Crippen LogP contribution in [0.3, 0.4) is 0 Å². The second-order valence-electron chi connectivity index (χ2n) is 19.7. The lowest BCUT2D eigenvalue weighted by Gasteiger charge is -2.44. The van der Waals surface area contributed by atoms with Gasteiger partial charge < -0.3 is 30.1 Å². The quantitative estimate of drug-likeness (QED) is 0.172. The summed E-state index contributed by atoms with van der Waals surface area (Å²) >= 11 is 0. The van der Waals surface area contributed by atoms with Gasteiger partial charge in [0.25, 0.3) is 5.91 Å². The molecule has 3 N–H and O–H groups in total. The van der Waals surface area contributed by atoms with Crippen LogP contribution in [0.1, 0.15) is 84.8 Å². The van der Waals surface area contributed by atoms with Crippen LogP contribution in [0.2, 0.25) is 0 Å². The standard InChI is InChI=1S/C52H62N12O5/c53-48-46-47(36-8-11-42(12-9-36)69-41-6-2-1-3-7-41)57-64(49(46)55-34-54-48)40-5-4-20-62(33-40)39-18-23-60(24-19-39)52(68)61-29-27-59(28-30-61)26-25-58-21-16-35(17-22-58)37-10-13-43-38(31-37)32-63(51(43)67)44-14-15-45(65)56-50(44)66/h1-3,6-13,31,34-35,39-40,44H,4-5,14-30,32-33H2,(H2,53,54,55)(H,56,65,66). The number of piperazine rings is 1. The number of benzene rings is 3. The highest BCUT2D eigenvalue weighted by Crippen LogP contribution is 2.37. The normalized spacial score (nSPS) is 22.6. The number of imide groups is 1. The number of hydrogen-bond acceptors (Lipinski definition) is 12. The van der Waals surface area contributed by atoms with Gasteiger partial charge >= 0.3 is 6.03 Å². The maximum Gasteiger partial charge on any atom is 0.320 e. The lowest BCUT2D eigenvalue weighted by molar-refractivity contribution is -0.136. The van der Waals surface area contributed by atoms with E-state index in [-0.39, 0.29) is 36.2 Å². The first-order chi connectivity index (χ1) is 33.7. The fourth-order valence-electron chi connectivity index (χ4n) is 11.7. The van der Waals surface area contributed by atoms with Crippen LogP contribution < -0.4 is 15.8 Å². The molecule has 2 unspecified atom stereocenters. The molecule has 17 nitrogen and oxygen atoms in total. The number of aromatic nitrogens is 4. The Hall–Kier alpha value is -6.43. The molecule has 6 aliphatic heterocycles. The Morgan fingerprint density at radius 2 is 1.46 bits per heavy atom. The van der Waals surface area contributed by atoms with E-state index in [1.54, 1.807) is 4.90 Å². The van der Waals surface area contributed by atoms with Crippen LogP contribution in [0.25, 0.3) is 22.3 Å². The lowest BCUT2D eigenvalue weighted by atomic mass is 9.88. The van der Waals surface area contributed by atoms with Gasteiger partial charge in [0.15, 0.2) is 5.65 Å². The molecule has 360 valence electrons. The molecule has 17 heteroatoms. The third kappa shape index (κ3) is 9.39. The highest BCUT2D eigenvalue weighted by Gasteiger charge is 2.40. The number of likely N-dealkylation sites (tertiary alicyclic amines) is 3. The molecule has 0 saturated carbocycles. The van der Waals surface area contributed by atoms with E-state index in [0.29, 0.717) is 36.3 Å². The van der Waals surface area contributed by atoms with Crippen LogP contribution in [0.5, 0.6) is 11.5 Å². The number of rotatable bonds is 10. The Labute approximate surface area is 402 Å². The molecule has 11 rings (SSSR count). The highest BCUT2D eigenvalue weighted by molar-refractivity contribution is 6.05. The fourth-order valence-corrected chi connectivity index (χ4v) is 11.7. The zero-order valence-corrected chi connectivity index (χ0v) is 39.3. The third-order valence-corrected chi connectivity index (χ3v) is 15.6. The number of ether oxygens (including phenoxy) is 1. The molecule has 5 aromatic rings. The maximum absolute atomic E-state index is 13.8. The third-order valence-electron chi connectivity index (χ3n) is 15.6. The van der Waals surface area contributed by atoms with Crippen LogP contribution in [0.4, 0.5) is 10.6 Å². The summed E-state index contributed by atoms with van der Waals surface area (Å²) in [5.41, 5.74) is 11.9. The molecule has 69 heavy (non-hydrogen) atoms. The van der Waals surface area contributed by atoms with Gasteiger partial charge in [0.05, 0.1) is 11.4 Å². The first-order valence-electron chi connectivity index (χ1n) is 25.0. The number of nitrogens with one attached hydrogen (secondary N) is 1. The number of amides is 5. The molecule has 5 amide bonds. The van der Waals surface area contributed by atoms with Gasteiger partial charge in [-0.05, 0) is 124 Å². The van der Waals surface area contributed by atoms with Crippen LogP contribution in [0.15, 0.2) is 79.1 Å². The molecule has 0 aliphatic carbocycles. The Morgan fingerprint density at radius 3 is 2.22 bits per heavy atom. The summed E-state index contributed by atoms with van der Waals surface area (Å²) < 4.78 is 8.12. The monoisotopic (exact) mass is 934 g/mol. The Morgan fingerprint density at radius 1 is 0.739 bits per heavy atom. The number of fused-ring (bicyclic) bond motifs is 2. The first-order valence-corrected chi connectivity index (χ1v) is 25.0. The predicted octanol–water partition coefficient (Wildman–Crippen LogP) is 5.35. The van der Waals surface area contributed by atoms with E-state index in [1.165, 1.54) is 11.9 Å². The van der Waals surface area contributed by atoms with Crippen molar-refractivity contribution in [1.29, 1.82) is 0 Å². The van der Waals surface area contributed by atoms with Crippen molar-refractivity contribution in [2.75, 3.05) is 84.3 Å². The number of anilines is 1. The Balaban J connectivity index is 0.622. The molecule has 2 atom stereocenters. The average Bonchev–Trinajstić information content (AvgIpc) is 3.94. The topological polar surface area (TPSA) is 179 Å². The summed E-state index contributed by atoms with van der Waals surface area (Å²) in [4.78, 5) is 73.7. The predicted molar refractivity (Wildman–Crippen MR) is 260 cm³/mol. The molecular weight excluding hydrogens is 873 g/mol. The van der Waals surface area contributed by atoms with Crippen molar-refractivity contribution in [3.63, 3.8) is 0 Å². The number of nitrogens with zero attached hydrogens (tertiary/aromatic N) is 10. The van der Waals surface area contributed by atoms with Crippen LogP contribution >= 0.6 is 0 Å². The van der Waals surface area contributed by atoms with E-state index < -0.39 is 6.04 Å². The maximum atomic E-state index is 13.8. The Bertz CT molecular complexity index is 2690. The smallest absolute Gasteiger partial charge is 0.320 e. The van der Waals surface area contributed by atoms with Crippen molar-refractivity contribution in [2.24, 2.45) is 0 Å². The van der Waals surface area contributed by atoms with E-state index >= 15 is 0 Å². The molecular formula is C52H62N12O5. The number of piperidine rings is 4. The van der Waals surface area contributed by atoms with Gasteiger partial charge in [0.2, 0.25) is 11.8 Å². The van der Waals surface area contributed by atoms with Crippen molar-refractivity contribution in [2.45, 2.75) is 82.0 Å². The largest absolute Gasteiger partial charge is 0.457 e. The van der Waals surface area contributed by atoms with Gasteiger partial charge in [-0.15, -0.1) is 0 Å². The number of nitrogens with two attached hydrogens (primary N) is 1. The molecule has 2 aromatic heterocycles. The molecule has 0 radical (unpaired) electrons. The van der Waals surface area contributed by atoms with Gasteiger partial charge in [-0.3, -0.25) is 29.5 Å². The van der Waals surface area contributed by atoms with Crippen LogP contribution in [-0.4, -0.2) is 164 Å². The second-order valence-corrected chi connectivity index (χ2v) is 19.7. The van der Waals surface area contributed by atoms with E-state index in [9.17, 15) is 19.2 Å². The minimum atomic E-state index is -0.592. The second kappa shape index (κ2) is 19.5. The van der Waals surface area contributed by atoms with E-state index in [1.807, 2.05) is 60.7 Å². The summed E-state index contributed by atoms with van der Waals surface area (Å²) in [7, 11) is 0. The summed E-state index contributed by atoms with van der Waals surface area (Å²) in [5.74, 6) is 1.61. The molecule has 6 aliphatic rings. The molecule has 8 heterocycles. The van der Waals surface area contributed by atoms with Crippen LogP contribution in [0, 0.1) is 0 Å². The van der Waals surface area contributed by atoms with Gasteiger partial charge in [0.1, 0.15) is 35.4 Å². The summed E-state index contributed by atoms with van der Waals surface area (Å²) in [6.45, 7) is 11.2. The van der Waals surface area contributed by atoms with Crippen molar-refractivity contribution in [3.05, 3.63) is 95.8 Å². The number of carbonyl (C=O) groups excluding carboxylic acids is 4. The molecule has 5 fully saturated rings. The summed E-state index contributed by atoms with van der Waals surface area (Å²) in [6.07, 6.45) is 8.27.